The molecule has 0 radical (unpaired) electrons. The molecule has 3 N–H and O–H groups in total. The van der Waals surface area contributed by atoms with Gasteiger partial charge < -0.3 is 20.5 Å². The average molecular weight is 510 g/mol. The quantitative estimate of drug-likeness (QED) is 0.198. The zero-order valence-corrected chi connectivity index (χ0v) is 19.3. The van der Waals surface area contributed by atoms with Crippen molar-refractivity contribution in [2.75, 3.05) is 26.2 Å². The van der Waals surface area contributed by atoms with Crippen molar-refractivity contribution < 1.29 is 4.79 Å². The number of nitrogens with zero attached hydrogens (tertiary/aromatic N) is 3. The van der Waals surface area contributed by atoms with Crippen molar-refractivity contribution in [3.05, 3.63) is 54.1 Å². The molecule has 7 nitrogen and oxygen atoms in total. The standard InChI is InChI=1S/C21H30N6O.HI/c1-2-22-21(26-13-12-24-20(28)18-8-9-18)25-11-10-19-23-14-15-27(19)16-17-6-4-3-5-7-17;/h3-7,14-15,18H,2,8-13,16H2,1H3,(H,24,28)(H2,22,25,26);1H. The summed E-state index contributed by atoms with van der Waals surface area (Å²) in [7, 11) is 0. The van der Waals surface area contributed by atoms with Gasteiger partial charge in [-0.25, -0.2) is 4.98 Å². The van der Waals surface area contributed by atoms with Gasteiger partial charge in [-0.1, -0.05) is 30.3 Å². The number of rotatable bonds is 10. The Morgan fingerprint density at radius 2 is 1.93 bits per heavy atom. The number of carbonyl (C=O) groups excluding carboxylic acids is 1. The highest BCUT2D eigenvalue weighted by molar-refractivity contribution is 14.0. The van der Waals surface area contributed by atoms with E-state index in [9.17, 15) is 4.79 Å². The van der Waals surface area contributed by atoms with Crippen LogP contribution in [0.4, 0.5) is 0 Å². The molecule has 0 atom stereocenters. The summed E-state index contributed by atoms with van der Waals surface area (Å²) in [4.78, 5) is 20.8. The number of hydrogen-bond acceptors (Lipinski definition) is 3. The Morgan fingerprint density at radius 1 is 1.17 bits per heavy atom. The SMILES string of the molecule is CCNC(=NCCc1nccn1Cc1ccccc1)NCCNC(=O)C1CC1.I. The smallest absolute Gasteiger partial charge is 0.223 e. The summed E-state index contributed by atoms with van der Waals surface area (Å²) in [6, 6.07) is 10.4. The van der Waals surface area contributed by atoms with Crippen molar-refractivity contribution in [1.29, 1.82) is 0 Å². The molecular formula is C21H31IN6O. The molecule has 29 heavy (non-hydrogen) atoms. The summed E-state index contributed by atoms with van der Waals surface area (Å²) in [5.41, 5.74) is 1.26. The fourth-order valence-corrected chi connectivity index (χ4v) is 2.96. The number of imidazole rings is 1. The highest BCUT2D eigenvalue weighted by Crippen LogP contribution is 2.28. The van der Waals surface area contributed by atoms with Gasteiger partial charge in [-0.15, -0.1) is 24.0 Å². The van der Waals surface area contributed by atoms with Gasteiger partial charge in [-0.2, -0.15) is 0 Å². The molecule has 2 aromatic rings. The molecule has 1 saturated carbocycles. The lowest BCUT2D eigenvalue weighted by molar-refractivity contribution is -0.122. The van der Waals surface area contributed by atoms with E-state index in [0.29, 0.717) is 19.6 Å². The summed E-state index contributed by atoms with van der Waals surface area (Å²) >= 11 is 0. The van der Waals surface area contributed by atoms with Crippen molar-refractivity contribution in [2.24, 2.45) is 10.9 Å². The number of amides is 1. The van der Waals surface area contributed by atoms with E-state index in [4.69, 9.17) is 0 Å². The fraction of sp³-hybridized carbons (Fsp3) is 0.476. The highest BCUT2D eigenvalue weighted by Gasteiger charge is 2.28. The Labute approximate surface area is 189 Å². The van der Waals surface area contributed by atoms with Crippen molar-refractivity contribution >= 4 is 35.8 Å². The predicted octanol–water partition coefficient (Wildman–Crippen LogP) is 2.17. The third-order valence-corrected chi connectivity index (χ3v) is 4.61. The molecule has 0 aliphatic heterocycles. The molecule has 1 aromatic carbocycles. The molecule has 1 fully saturated rings. The first-order valence-corrected chi connectivity index (χ1v) is 10.1. The first-order chi connectivity index (χ1) is 13.8. The van der Waals surface area contributed by atoms with E-state index in [-0.39, 0.29) is 35.8 Å². The molecule has 1 aliphatic carbocycles. The molecule has 0 saturated heterocycles. The number of nitrogens with one attached hydrogen (secondary N) is 3. The molecule has 0 unspecified atom stereocenters. The topological polar surface area (TPSA) is 83.3 Å². The van der Waals surface area contributed by atoms with E-state index in [0.717, 1.165) is 44.1 Å². The lowest BCUT2D eigenvalue weighted by atomic mass is 10.2. The number of hydrogen-bond donors (Lipinski definition) is 3. The van der Waals surface area contributed by atoms with Gasteiger partial charge in [-0.05, 0) is 25.3 Å². The maximum atomic E-state index is 11.6. The minimum absolute atomic E-state index is 0. The van der Waals surface area contributed by atoms with E-state index in [2.05, 4.69) is 54.8 Å². The number of benzene rings is 1. The molecule has 158 valence electrons. The van der Waals surface area contributed by atoms with Gasteiger partial charge >= 0.3 is 0 Å². The molecule has 3 rings (SSSR count). The lowest BCUT2D eigenvalue weighted by Gasteiger charge is -2.12. The second-order valence-electron chi connectivity index (χ2n) is 6.96. The van der Waals surface area contributed by atoms with Crippen LogP contribution in [0.3, 0.4) is 0 Å². The van der Waals surface area contributed by atoms with Gasteiger partial charge in [0.05, 0.1) is 0 Å². The van der Waals surface area contributed by atoms with Crippen LogP contribution in [0.1, 0.15) is 31.2 Å². The van der Waals surface area contributed by atoms with Crippen LogP contribution in [0.25, 0.3) is 0 Å². The van der Waals surface area contributed by atoms with Gasteiger partial charge in [0.15, 0.2) is 5.96 Å². The Balaban J connectivity index is 0.00000300. The largest absolute Gasteiger partial charge is 0.357 e. The molecule has 0 spiro atoms. The normalized spacial score (nSPS) is 13.5. The molecular weight excluding hydrogens is 479 g/mol. The highest BCUT2D eigenvalue weighted by atomic mass is 127. The molecule has 8 heteroatoms. The summed E-state index contributed by atoms with van der Waals surface area (Å²) in [5.74, 6) is 2.22. The first-order valence-electron chi connectivity index (χ1n) is 10.1. The number of aromatic nitrogens is 2. The Kier molecular flexibility index (Phi) is 9.96. The van der Waals surface area contributed by atoms with Gasteiger partial charge in [0.2, 0.25) is 5.91 Å². The molecule has 1 amide bonds. The van der Waals surface area contributed by atoms with E-state index in [1.165, 1.54) is 5.56 Å². The maximum Gasteiger partial charge on any atom is 0.223 e. The minimum atomic E-state index is 0. The maximum absolute atomic E-state index is 11.6. The van der Waals surface area contributed by atoms with Gasteiger partial charge in [0, 0.05) is 57.5 Å². The van der Waals surface area contributed by atoms with E-state index >= 15 is 0 Å². The predicted molar refractivity (Wildman–Crippen MR) is 127 cm³/mol. The molecule has 1 heterocycles. The van der Waals surface area contributed by atoms with Crippen molar-refractivity contribution in [2.45, 2.75) is 32.7 Å². The van der Waals surface area contributed by atoms with Crippen LogP contribution in [0.2, 0.25) is 0 Å². The summed E-state index contributed by atoms with van der Waals surface area (Å²) in [6.45, 7) is 5.57. The van der Waals surface area contributed by atoms with E-state index < -0.39 is 0 Å². The van der Waals surface area contributed by atoms with Crippen LogP contribution >= 0.6 is 24.0 Å². The second kappa shape index (κ2) is 12.5. The number of carbonyl (C=O) groups is 1. The van der Waals surface area contributed by atoms with Gasteiger partial charge in [0.25, 0.3) is 0 Å². The van der Waals surface area contributed by atoms with Gasteiger partial charge in [-0.3, -0.25) is 9.79 Å². The van der Waals surface area contributed by atoms with Gasteiger partial charge in [0.1, 0.15) is 5.82 Å². The summed E-state index contributed by atoms with van der Waals surface area (Å²) in [6.07, 6.45) is 6.69. The van der Waals surface area contributed by atoms with Crippen LogP contribution in [0.15, 0.2) is 47.7 Å². The summed E-state index contributed by atoms with van der Waals surface area (Å²) in [5, 5.41) is 9.46. The van der Waals surface area contributed by atoms with Crippen LogP contribution in [-0.2, 0) is 17.8 Å². The third-order valence-electron chi connectivity index (χ3n) is 4.61. The van der Waals surface area contributed by atoms with E-state index in [1.807, 2.05) is 25.4 Å². The van der Waals surface area contributed by atoms with Crippen molar-refractivity contribution in [3.63, 3.8) is 0 Å². The van der Waals surface area contributed by atoms with E-state index in [1.54, 1.807) is 0 Å². The zero-order chi connectivity index (χ0) is 19.6. The molecule has 1 aliphatic rings. The Hall–Kier alpha value is -2.10. The van der Waals surface area contributed by atoms with Crippen LogP contribution < -0.4 is 16.0 Å². The third kappa shape index (κ3) is 8.04. The number of aliphatic imine (C=N–C) groups is 1. The Bertz CT molecular complexity index is 772. The summed E-state index contributed by atoms with van der Waals surface area (Å²) < 4.78 is 2.17. The second-order valence-corrected chi connectivity index (χ2v) is 6.96. The zero-order valence-electron chi connectivity index (χ0n) is 16.9. The monoisotopic (exact) mass is 510 g/mol. The van der Waals surface area contributed by atoms with Crippen LogP contribution in [0.5, 0.6) is 0 Å². The minimum Gasteiger partial charge on any atom is -0.357 e. The number of guanidine groups is 1. The van der Waals surface area contributed by atoms with Crippen molar-refractivity contribution in [3.8, 4) is 0 Å². The molecule has 0 bridgehead atoms. The lowest BCUT2D eigenvalue weighted by Crippen LogP contribution is -2.41. The fourth-order valence-electron chi connectivity index (χ4n) is 2.96. The average Bonchev–Trinajstić information content (AvgIpc) is 3.47. The van der Waals surface area contributed by atoms with Crippen LogP contribution in [-0.4, -0.2) is 47.6 Å². The first kappa shape index (κ1) is 23.2. The van der Waals surface area contributed by atoms with Crippen molar-refractivity contribution in [1.82, 2.24) is 25.5 Å². The number of halogens is 1. The van der Waals surface area contributed by atoms with Crippen LogP contribution in [0, 0.1) is 5.92 Å². The Morgan fingerprint density at radius 3 is 2.66 bits per heavy atom. The molecule has 1 aromatic heterocycles.